The Morgan fingerprint density at radius 2 is 2.05 bits per heavy atom. The van der Waals surface area contributed by atoms with Crippen LogP contribution in [0.1, 0.15) is 37.3 Å². The second-order valence-electron chi connectivity index (χ2n) is 4.82. The molecule has 104 valence electrons. The summed E-state index contributed by atoms with van der Waals surface area (Å²) < 4.78 is 10.7. The summed E-state index contributed by atoms with van der Waals surface area (Å²) in [5.74, 6) is 1.62. The number of rotatable bonds is 4. The van der Waals surface area contributed by atoms with Crippen molar-refractivity contribution in [3.8, 4) is 11.5 Å². The first-order valence-electron chi connectivity index (χ1n) is 6.73. The summed E-state index contributed by atoms with van der Waals surface area (Å²) in [6.07, 6.45) is 5.31. The molecule has 2 rings (SSSR count). The van der Waals surface area contributed by atoms with Crippen molar-refractivity contribution in [3.05, 3.63) is 23.8 Å². The van der Waals surface area contributed by atoms with Crippen LogP contribution in [-0.2, 0) is 4.79 Å². The highest BCUT2D eigenvalue weighted by atomic mass is 16.5. The maximum atomic E-state index is 11.3. The molecule has 0 radical (unpaired) electrons. The summed E-state index contributed by atoms with van der Waals surface area (Å²) in [7, 11) is 3.31. The quantitative estimate of drug-likeness (QED) is 0.784. The number of benzene rings is 1. The van der Waals surface area contributed by atoms with E-state index in [1.807, 2.05) is 23.1 Å². The minimum atomic E-state index is 0.0880. The number of hydrogen-bond acceptors (Lipinski definition) is 3. The van der Waals surface area contributed by atoms with Gasteiger partial charge >= 0.3 is 0 Å². The van der Waals surface area contributed by atoms with Crippen molar-refractivity contribution >= 4 is 6.41 Å². The highest BCUT2D eigenvalue weighted by Crippen LogP contribution is 2.36. The number of carbonyl (C=O) groups is 1. The molecule has 19 heavy (non-hydrogen) atoms. The first kappa shape index (κ1) is 13.7. The molecule has 0 aromatic heterocycles. The van der Waals surface area contributed by atoms with E-state index in [0.29, 0.717) is 0 Å². The van der Waals surface area contributed by atoms with Gasteiger partial charge in [-0.05, 0) is 31.0 Å². The lowest BCUT2D eigenvalue weighted by atomic mass is 9.99. The average molecular weight is 263 g/mol. The van der Waals surface area contributed by atoms with E-state index >= 15 is 0 Å². The largest absolute Gasteiger partial charge is 0.497 e. The van der Waals surface area contributed by atoms with E-state index in [9.17, 15) is 4.79 Å². The highest BCUT2D eigenvalue weighted by molar-refractivity contribution is 5.51. The number of methoxy groups -OCH3 is 2. The van der Waals surface area contributed by atoms with E-state index in [1.54, 1.807) is 14.2 Å². The number of hydrogen-bond donors (Lipinski definition) is 0. The van der Waals surface area contributed by atoms with Gasteiger partial charge in [0.1, 0.15) is 11.5 Å². The third kappa shape index (κ3) is 3.00. The molecular formula is C15H21NO3. The fourth-order valence-electron chi connectivity index (χ4n) is 2.69. The lowest BCUT2D eigenvalue weighted by molar-refractivity contribution is -0.120. The van der Waals surface area contributed by atoms with E-state index in [2.05, 4.69) is 0 Å². The first-order chi connectivity index (χ1) is 9.30. The zero-order valence-electron chi connectivity index (χ0n) is 11.6. The van der Waals surface area contributed by atoms with Crippen LogP contribution in [-0.4, -0.2) is 32.1 Å². The van der Waals surface area contributed by atoms with Crippen LogP contribution in [0.5, 0.6) is 11.5 Å². The Hall–Kier alpha value is -1.71. The molecule has 1 fully saturated rings. The van der Waals surface area contributed by atoms with Crippen molar-refractivity contribution in [1.29, 1.82) is 0 Å². The molecule has 0 saturated carbocycles. The molecule has 1 aliphatic rings. The highest BCUT2D eigenvalue weighted by Gasteiger charge is 2.24. The topological polar surface area (TPSA) is 38.8 Å². The molecule has 1 amide bonds. The van der Waals surface area contributed by atoms with Gasteiger partial charge in [0.2, 0.25) is 6.41 Å². The normalized spacial score (nSPS) is 19.7. The smallest absolute Gasteiger partial charge is 0.210 e. The molecule has 1 saturated heterocycles. The maximum Gasteiger partial charge on any atom is 0.210 e. The third-order valence-electron chi connectivity index (χ3n) is 3.73. The van der Waals surface area contributed by atoms with Crippen LogP contribution in [0, 0.1) is 0 Å². The van der Waals surface area contributed by atoms with Gasteiger partial charge in [-0.3, -0.25) is 4.79 Å². The van der Waals surface area contributed by atoms with Gasteiger partial charge in [-0.1, -0.05) is 12.8 Å². The van der Waals surface area contributed by atoms with Gasteiger partial charge in [0.15, 0.2) is 0 Å². The summed E-state index contributed by atoms with van der Waals surface area (Å²) in [5.41, 5.74) is 1.04. The van der Waals surface area contributed by atoms with E-state index in [1.165, 1.54) is 6.42 Å². The van der Waals surface area contributed by atoms with Gasteiger partial charge in [0, 0.05) is 12.1 Å². The van der Waals surface area contributed by atoms with Crippen LogP contribution in [0.4, 0.5) is 0 Å². The van der Waals surface area contributed by atoms with Gasteiger partial charge in [0.25, 0.3) is 0 Å². The molecule has 0 aliphatic carbocycles. The Morgan fingerprint density at radius 3 is 2.74 bits per heavy atom. The number of nitrogens with zero attached hydrogens (tertiary/aromatic N) is 1. The minimum absolute atomic E-state index is 0.0880. The molecule has 0 spiro atoms. The molecule has 0 unspecified atom stereocenters. The number of ether oxygens (including phenoxy) is 2. The van der Waals surface area contributed by atoms with Gasteiger partial charge in [-0.2, -0.15) is 0 Å². The molecule has 4 nitrogen and oxygen atoms in total. The standard InChI is InChI=1S/C15H21NO3/c1-18-12-7-8-15(19-2)13(10-12)14-6-4-3-5-9-16(14)11-17/h7-8,10-11,14H,3-6,9H2,1-2H3/t14-/m0/s1. The predicted octanol–water partition coefficient (Wildman–Crippen LogP) is 2.78. The third-order valence-corrected chi connectivity index (χ3v) is 3.73. The van der Waals surface area contributed by atoms with Crippen molar-refractivity contribution in [2.45, 2.75) is 31.7 Å². The minimum Gasteiger partial charge on any atom is -0.497 e. The van der Waals surface area contributed by atoms with Crippen LogP contribution in [0.3, 0.4) is 0 Å². The predicted molar refractivity (Wildman–Crippen MR) is 73.5 cm³/mol. The van der Waals surface area contributed by atoms with Gasteiger partial charge < -0.3 is 14.4 Å². The fraction of sp³-hybridized carbons (Fsp3) is 0.533. The van der Waals surface area contributed by atoms with E-state index in [-0.39, 0.29) is 6.04 Å². The Kier molecular flexibility index (Phi) is 4.66. The number of likely N-dealkylation sites (tertiary alicyclic amines) is 1. The fourth-order valence-corrected chi connectivity index (χ4v) is 2.69. The van der Waals surface area contributed by atoms with Crippen molar-refractivity contribution in [2.75, 3.05) is 20.8 Å². The summed E-state index contributed by atoms with van der Waals surface area (Å²) in [4.78, 5) is 13.2. The van der Waals surface area contributed by atoms with Gasteiger partial charge in [0.05, 0.1) is 20.3 Å². The summed E-state index contributed by atoms with van der Waals surface area (Å²) >= 11 is 0. The van der Waals surface area contributed by atoms with Crippen molar-refractivity contribution in [3.63, 3.8) is 0 Å². The lowest BCUT2D eigenvalue weighted by Crippen LogP contribution is -2.27. The maximum absolute atomic E-state index is 11.3. The Labute approximate surface area is 114 Å². The molecule has 1 aromatic carbocycles. The van der Waals surface area contributed by atoms with Crippen LogP contribution < -0.4 is 9.47 Å². The van der Waals surface area contributed by atoms with Crippen LogP contribution >= 0.6 is 0 Å². The van der Waals surface area contributed by atoms with Crippen molar-refractivity contribution in [1.82, 2.24) is 4.90 Å². The molecule has 4 heteroatoms. The molecule has 1 aliphatic heterocycles. The number of amides is 1. The number of carbonyl (C=O) groups excluding carboxylic acids is 1. The van der Waals surface area contributed by atoms with Crippen LogP contribution in [0.25, 0.3) is 0 Å². The van der Waals surface area contributed by atoms with E-state index in [4.69, 9.17) is 9.47 Å². The van der Waals surface area contributed by atoms with Gasteiger partial charge in [-0.15, -0.1) is 0 Å². The average Bonchev–Trinajstić information content (AvgIpc) is 2.71. The van der Waals surface area contributed by atoms with Crippen LogP contribution in [0.2, 0.25) is 0 Å². The molecule has 1 atom stereocenters. The molecule has 1 heterocycles. The SMILES string of the molecule is COc1ccc(OC)c([C@@H]2CCCCCN2C=O)c1. The zero-order valence-corrected chi connectivity index (χ0v) is 11.6. The second-order valence-corrected chi connectivity index (χ2v) is 4.82. The zero-order chi connectivity index (χ0) is 13.7. The molecule has 0 N–H and O–H groups in total. The summed E-state index contributed by atoms with van der Waals surface area (Å²) in [6.45, 7) is 0.814. The molecular weight excluding hydrogens is 242 g/mol. The van der Waals surface area contributed by atoms with Crippen molar-refractivity contribution in [2.24, 2.45) is 0 Å². The Bertz CT molecular complexity index is 433. The monoisotopic (exact) mass is 263 g/mol. The Balaban J connectivity index is 2.38. The molecule has 0 bridgehead atoms. The lowest BCUT2D eigenvalue weighted by Gasteiger charge is -2.28. The Morgan fingerprint density at radius 1 is 1.21 bits per heavy atom. The van der Waals surface area contributed by atoms with E-state index < -0.39 is 0 Å². The summed E-state index contributed by atoms with van der Waals surface area (Å²) in [5, 5.41) is 0. The van der Waals surface area contributed by atoms with Gasteiger partial charge in [-0.25, -0.2) is 0 Å². The van der Waals surface area contributed by atoms with Crippen LogP contribution in [0.15, 0.2) is 18.2 Å². The summed E-state index contributed by atoms with van der Waals surface area (Å²) in [6, 6.07) is 5.85. The van der Waals surface area contributed by atoms with E-state index in [0.717, 1.165) is 49.3 Å². The molecule has 1 aromatic rings. The first-order valence-corrected chi connectivity index (χ1v) is 6.73. The van der Waals surface area contributed by atoms with Crippen molar-refractivity contribution < 1.29 is 14.3 Å². The second kappa shape index (κ2) is 6.45.